The summed E-state index contributed by atoms with van der Waals surface area (Å²) in [4.78, 5) is 4.20. The third-order valence-corrected chi connectivity index (χ3v) is 6.67. The zero-order chi connectivity index (χ0) is 15.5. The van der Waals surface area contributed by atoms with Crippen molar-refractivity contribution in [1.29, 1.82) is 0 Å². The second-order valence-corrected chi connectivity index (χ2v) is 8.33. The minimum atomic E-state index is -1.24. The Hall–Kier alpha value is -1.43. The number of aryl methyl sites for hydroxylation is 2. The molecule has 0 aliphatic carbocycles. The third kappa shape index (κ3) is 3.16. The van der Waals surface area contributed by atoms with Crippen molar-refractivity contribution in [2.75, 3.05) is 0 Å². The van der Waals surface area contributed by atoms with E-state index in [1.807, 2.05) is 54.9 Å². The van der Waals surface area contributed by atoms with Crippen molar-refractivity contribution in [2.45, 2.75) is 13.8 Å². The predicted octanol–water partition coefficient (Wildman–Crippen LogP) is 3.16. The van der Waals surface area contributed by atoms with Crippen molar-refractivity contribution in [3.8, 4) is 17.3 Å². The van der Waals surface area contributed by atoms with E-state index in [-0.39, 0.29) is 0 Å². The number of ether oxygens (including phenoxy) is 1. The Morgan fingerprint density at radius 3 is 2.64 bits per heavy atom. The summed E-state index contributed by atoms with van der Waals surface area (Å²) < 4.78 is 8.90. The minimum absolute atomic E-state index is 0.568. The Morgan fingerprint density at radius 2 is 2.00 bits per heavy atom. The molecule has 0 fully saturated rings. The third-order valence-electron chi connectivity index (χ3n) is 3.13. The quantitative estimate of drug-likeness (QED) is 0.544. The molecule has 0 radical (unpaired) electrons. The Labute approximate surface area is 144 Å². The van der Waals surface area contributed by atoms with E-state index in [2.05, 4.69) is 16.1 Å². The molecule has 0 saturated carbocycles. The summed E-state index contributed by atoms with van der Waals surface area (Å²) >= 11 is -1.24. The van der Waals surface area contributed by atoms with Crippen molar-refractivity contribution in [3.63, 3.8) is 0 Å². The van der Waals surface area contributed by atoms with Gasteiger partial charge in [-0.05, 0) is 0 Å². The van der Waals surface area contributed by atoms with Crippen LogP contribution in [-0.4, -0.2) is 37.1 Å². The normalized spacial score (nSPS) is 10.7. The van der Waals surface area contributed by atoms with Gasteiger partial charge in [-0.25, -0.2) is 0 Å². The van der Waals surface area contributed by atoms with Crippen LogP contribution in [0.25, 0.3) is 5.69 Å². The van der Waals surface area contributed by atoms with Crippen molar-refractivity contribution >= 4 is 34.0 Å². The van der Waals surface area contributed by atoms with Gasteiger partial charge in [-0.3, -0.25) is 0 Å². The fourth-order valence-electron chi connectivity index (χ4n) is 2.22. The molecular weight excluding hydrogens is 495 g/mol. The second-order valence-electron chi connectivity index (χ2n) is 4.79. The number of pyridine rings is 1. The molecule has 0 amide bonds. The molecule has 6 heteroatoms. The molecule has 0 unspecified atom stereocenters. The Balaban J connectivity index is 2.06. The van der Waals surface area contributed by atoms with Crippen LogP contribution in [0.3, 0.4) is 0 Å². The summed E-state index contributed by atoms with van der Waals surface area (Å²) in [6.07, 6.45) is 1.71. The zero-order valence-electron chi connectivity index (χ0n) is 12.2. The number of benzene rings is 1. The van der Waals surface area contributed by atoms with E-state index in [1.165, 1.54) is 0 Å². The molecule has 2 heterocycles. The summed E-state index contributed by atoms with van der Waals surface area (Å²) in [6.45, 7) is 4.02. The van der Waals surface area contributed by atoms with Crippen LogP contribution in [0.2, 0.25) is 0 Å². The van der Waals surface area contributed by atoms with Gasteiger partial charge in [0.15, 0.2) is 0 Å². The molecule has 0 bridgehead atoms. The van der Waals surface area contributed by atoms with Crippen molar-refractivity contribution < 1.29 is 4.74 Å². The first-order chi connectivity index (χ1) is 10.7. The van der Waals surface area contributed by atoms with Crippen LogP contribution in [0.1, 0.15) is 11.4 Å². The summed E-state index contributed by atoms with van der Waals surface area (Å²) in [5, 5.41) is 4.55. The van der Waals surface area contributed by atoms with Crippen LogP contribution in [0.15, 0.2) is 48.7 Å². The molecule has 1 aromatic carbocycles. The zero-order valence-corrected chi connectivity index (χ0v) is 16.1. The number of rotatable bonds is 4. The monoisotopic (exact) mass is 508 g/mol. The van der Waals surface area contributed by atoms with Crippen molar-refractivity contribution in [1.82, 2.24) is 14.8 Å². The van der Waals surface area contributed by atoms with E-state index in [9.17, 15) is 0 Å². The van der Waals surface area contributed by atoms with Gasteiger partial charge >= 0.3 is 145 Å². The van der Waals surface area contributed by atoms with E-state index in [0.717, 1.165) is 26.0 Å². The van der Waals surface area contributed by atoms with Gasteiger partial charge < -0.3 is 0 Å². The van der Waals surface area contributed by atoms with Gasteiger partial charge in [0.05, 0.1) is 0 Å². The SMILES string of the molecule is Cc1cc(C)n(-c2cccc(Oc3ccccn3)[c]2[Po][Cl])n1. The molecule has 3 aromatic rings. The van der Waals surface area contributed by atoms with Crippen LogP contribution in [0.4, 0.5) is 0 Å². The van der Waals surface area contributed by atoms with Gasteiger partial charge in [-0.1, -0.05) is 0 Å². The molecule has 0 N–H and O–H groups in total. The van der Waals surface area contributed by atoms with Crippen LogP contribution in [0.5, 0.6) is 11.6 Å². The summed E-state index contributed by atoms with van der Waals surface area (Å²) in [5.74, 6) is 1.34. The average Bonchev–Trinajstić information content (AvgIpc) is 2.86. The summed E-state index contributed by atoms with van der Waals surface area (Å²) in [5.41, 5.74) is 3.07. The summed E-state index contributed by atoms with van der Waals surface area (Å²) in [6, 6.07) is 13.6. The molecule has 0 spiro atoms. The number of hydrogen-bond acceptors (Lipinski definition) is 3. The van der Waals surface area contributed by atoms with Crippen molar-refractivity contribution in [3.05, 3.63) is 60.0 Å². The van der Waals surface area contributed by atoms with Gasteiger partial charge in [0.2, 0.25) is 0 Å². The predicted molar refractivity (Wildman–Crippen MR) is 88.6 cm³/mol. The molecule has 0 saturated heterocycles. The number of nitrogens with zero attached hydrogens (tertiary/aromatic N) is 3. The van der Waals surface area contributed by atoms with Gasteiger partial charge in [0.25, 0.3) is 0 Å². The first-order valence-corrected chi connectivity index (χ1v) is 12.2. The Kier molecular flexibility index (Phi) is 4.76. The first kappa shape index (κ1) is 15.5. The second kappa shape index (κ2) is 6.77. The maximum absolute atomic E-state index is 6.34. The van der Waals surface area contributed by atoms with Crippen LogP contribution in [0, 0.1) is 13.8 Å². The van der Waals surface area contributed by atoms with E-state index in [4.69, 9.17) is 13.2 Å². The number of halogens is 1. The average molecular weight is 509 g/mol. The van der Waals surface area contributed by atoms with E-state index < -0.39 is 22.4 Å². The summed E-state index contributed by atoms with van der Waals surface area (Å²) in [7, 11) is 6.34. The van der Waals surface area contributed by atoms with Gasteiger partial charge in [0.1, 0.15) is 0 Å². The number of hydrogen-bond donors (Lipinski definition) is 0. The Morgan fingerprint density at radius 1 is 1.14 bits per heavy atom. The van der Waals surface area contributed by atoms with Gasteiger partial charge in [-0.15, -0.1) is 0 Å². The molecule has 22 heavy (non-hydrogen) atoms. The van der Waals surface area contributed by atoms with Crippen LogP contribution < -0.4 is 7.96 Å². The Bertz CT molecular complexity index is 789. The topological polar surface area (TPSA) is 39.9 Å². The van der Waals surface area contributed by atoms with Crippen molar-refractivity contribution in [2.24, 2.45) is 0 Å². The molecule has 112 valence electrons. The fraction of sp³-hybridized carbons (Fsp3) is 0.125. The molecule has 0 aliphatic rings. The van der Waals surface area contributed by atoms with Crippen LogP contribution in [-0.2, 0) is 0 Å². The standard InChI is InChI=1S/C16H14N3O.ClH.Po/c1-12-10-13(2)19(18-12)14-6-5-7-15(11-14)20-16-8-3-4-9-17-16;;/h3-10H,1-2H3;1H;/q;;+1/p-1. The van der Waals surface area contributed by atoms with E-state index in [1.54, 1.807) is 6.20 Å². The van der Waals surface area contributed by atoms with E-state index in [0.29, 0.717) is 5.88 Å². The van der Waals surface area contributed by atoms with Crippen LogP contribution >= 0.6 is 8.45 Å². The van der Waals surface area contributed by atoms with Gasteiger partial charge in [-0.2, -0.15) is 0 Å². The molecular formula is C16H14ClN3OPo. The molecule has 3 rings (SSSR count). The van der Waals surface area contributed by atoms with Gasteiger partial charge in [0, 0.05) is 0 Å². The molecule has 0 atom stereocenters. The first-order valence-electron chi connectivity index (χ1n) is 6.73. The fourth-order valence-corrected chi connectivity index (χ4v) is 5.21. The number of aromatic nitrogens is 3. The molecule has 0 aliphatic heterocycles. The van der Waals surface area contributed by atoms with E-state index >= 15 is 0 Å². The molecule has 2 aromatic heterocycles. The molecule has 4 nitrogen and oxygen atoms in total. The maximum atomic E-state index is 6.34.